The first-order chi connectivity index (χ1) is 12.7. The van der Waals surface area contributed by atoms with E-state index in [2.05, 4.69) is 64.6 Å². The average molecular weight is 378 g/mol. The van der Waals surface area contributed by atoms with Gasteiger partial charge in [-0.2, -0.15) is 0 Å². The zero-order chi connectivity index (χ0) is 20.1. The van der Waals surface area contributed by atoms with Crippen LogP contribution in [0.5, 0.6) is 5.75 Å². The molecule has 0 saturated carbocycles. The van der Waals surface area contributed by atoms with Crippen LogP contribution in [0.3, 0.4) is 0 Å². The first-order valence-electron chi connectivity index (χ1n) is 10.5. The van der Waals surface area contributed by atoms with Crippen LogP contribution >= 0.6 is 0 Å². The Morgan fingerprint density at radius 3 is 2.30 bits per heavy atom. The smallest absolute Gasteiger partial charge is 0.123 e. The van der Waals surface area contributed by atoms with E-state index in [-0.39, 0.29) is 10.8 Å². The summed E-state index contributed by atoms with van der Waals surface area (Å²) < 4.78 is 11.5. The van der Waals surface area contributed by atoms with Crippen LogP contribution in [0.25, 0.3) is 0 Å². The normalized spacial score (nSPS) is 17.7. The number of aliphatic hydroxyl groups is 1. The van der Waals surface area contributed by atoms with Gasteiger partial charge in [0, 0.05) is 25.2 Å². The van der Waals surface area contributed by atoms with E-state index in [4.69, 9.17) is 9.47 Å². The monoisotopic (exact) mass is 377 g/mol. The molecule has 0 bridgehead atoms. The van der Waals surface area contributed by atoms with E-state index in [0.29, 0.717) is 13.2 Å². The number of rotatable bonds is 9. The van der Waals surface area contributed by atoms with E-state index < -0.39 is 6.10 Å². The molecule has 0 spiro atoms. The van der Waals surface area contributed by atoms with Crippen LogP contribution in [-0.4, -0.2) is 55.6 Å². The highest BCUT2D eigenvalue weighted by Crippen LogP contribution is 2.38. The quantitative estimate of drug-likeness (QED) is 0.702. The minimum absolute atomic E-state index is 0.0321. The summed E-state index contributed by atoms with van der Waals surface area (Å²) in [4.78, 5) is 2.24. The predicted molar refractivity (Wildman–Crippen MR) is 112 cm³/mol. The molecule has 154 valence electrons. The summed E-state index contributed by atoms with van der Waals surface area (Å²) >= 11 is 0. The van der Waals surface area contributed by atoms with E-state index in [1.165, 1.54) is 11.1 Å². The van der Waals surface area contributed by atoms with E-state index in [0.717, 1.165) is 44.9 Å². The third kappa shape index (κ3) is 5.94. The molecule has 1 aromatic carbocycles. The summed E-state index contributed by atoms with van der Waals surface area (Å²) in [7, 11) is 0. The third-order valence-corrected chi connectivity index (χ3v) is 6.26. The predicted octanol–water partition coefficient (Wildman–Crippen LogP) is 4.13. The Labute approximate surface area is 165 Å². The molecule has 1 N–H and O–H groups in total. The van der Waals surface area contributed by atoms with Crippen LogP contribution in [0.4, 0.5) is 0 Å². The van der Waals surface area contributed by atoms with Gasteiger partial charge in [-0.25, -0.2) is 0 Å². The molecule has 0 aromatic heterocycles. The van der Waals surface area contributed by atoms with Gasteiger partial charge in [-0.05, 0) is 35.3 Å². The van der Waals surface area contributed by atoms with Crippen molar-refractivity contribution >= 4 is 0 Å². The number of hydrogen-bond acceptors (Lipinski definition) is 4. The van der Waals surface area contributed by atoms with E-state index in [9.17, 15) is 5.11 Å². The molecular weight excluding hydrogens is 338 g/mol. The van der Waals surface area contributed by atoms with Crippen LogP contribution in [0.1, 0.15) is 65.5 Å². The van der Waals surface area contributed by atoms with Gasteiger partial charge in [-0.1, -0.05) is 53.7 Å². The van der Waals surface area contributed by atoms with Crippen molar-refractivity contribution in [1.82, 2.24) is 4.90 Å². The number of aliphatic hydroxyl groups excluding tert-OH is 1. The van der Waals surface area contributed by atoms with Crippen LogP contribution in [0, 0.1) is 0 Å². The second kappa shape index (κ2) is 9.40. The Balaban J connectivity index is 2.12. The second-order valence-electron chi connectivity index (χ2n) is 9.06. The molecule has 1 fully saturated rings. The number of nitrogens with zero attached hydrogens (tertiary/aromatic N) is 1. The lowest BCUT2D eigenvalue weighted by atomic mass is 9.76. The highest BCUT2D eigenvalue weighted by atomic mass is 16.5. The molecular formula is C23H39NO3. The van der Waals surface area contributed by atoms with Crippen molar-refractivity contribution in [1.29, 1.82) is 0 Å². The first kappa shape index (κ1) is 22.2. The Morgan fingerprint density at radius 1 is 1.07 bits per heavy atom. The zero-order valence-electron chi connectivity index (χ0n) is 18.2. The first-order valence-corrected chi connectivity index (χ1v) is 10.5. The van der Waals surface area contributed by atoms with Gasteiger partial charge in [0.1, 0.15) is 18.5 Å². The third-order valence-electron chi connectivity index (χ3n) is 6.26. The van der Waals surface area contributed by atoms with Gasteiger partial charge in [0.25, 0.3) is 0 Å². The highest BCUT2D eigenvalue weighted by molar-refractivity contribution is 5.44. The van der Waals surface area contributed by atoms with Crippen molar-refractivity contribution in [2.75, 3.05) is 39.5 Å². The van der Waals surface area contributed by atoms with Gasteiger partial charge < -0.3 is 14.6 Å². The summed E-state index contributed by atoms with van der Waals surface area (Å²) in [5.74, 6) is 0.901. The Morgan fingerprint density at radius 2 is 1.70 bits per heavy atom. The maximum absolute atomic E-state index is 10.4. The lowest BCUT2D eigenvalue weighted by molar-refractivity contribution is 0.00448. The lowest BCUT2D eigenvalue weighted by Gasteiger charge is -2.31. The molecule has 1 aliphatic heterocycles. The van der Waals surface area contributed by atoms with Gasteiger partial charge >= 0.3 is 0 Å². The fourth-order valence-electron chi connectivity index (χ4n) is 3.32. The van der Waals surface area contributed by atoms with Gasteiger partial charge in [0.05, 0.1) is 13.2 Å². The summed E-state index contributed by atoms with van der Waals surface area (Å²) in [5.41, 5.74) is 2.77. The molecule has 4 nitrogen and oxygen atoms in total. The SMILES string of the molecule is CCC(C)(C)c1ccc(OC[C@H](O)CN2CCOCC2)c(C(C)(C)CC)c1. The van der Waals surface area contributed by atoms with E-state index in [1.807, 2.05) is 0 Å². The molecule has 2 rings (SSSR count). The summed E-state index contributed by atoms with van der Waals surface area (Å²) in [6, 6.07) is 6.60. The van der Waals surface area contributed by atoms with Gasteiger partial charge in [0.15, 0.2) is 0 Å². The number of β-amino-alcohol motifs (C(OH)–C–C–N with tert-alkyl or cyclic N) is 1. The molecule has 27 heavy (non-hydrogen) atoms. The van der Waals surface area contributed by atoms with Crippen molar-refractivity contribution in [2.24, 2.45) is 0 Å². The van der Waals surface area contributed by atoms with Gasteiger partial charge in [-0.3, -0.25) is 4.90 Å². The Hall–Kier alpha value is -1.10. The molecule has 1 aromatic rings. The number of benzene rings is 1. The number of hydrogen-bond donors (Lipinski definition) is 1. The average Bonchev–Trinajstić information content (AvgIpc) is 2.67. The maximum Gasteiger partial charge on any atom is 0.123 e. The van der Waals surface area contributed by atoms with Gasteiger partial charge in [-0.15, -0.1) is 0 Å². The molecule has 1 saturated heterocycles. The van der Waals surface area contributed by atoms with Crippen molar-refractivity contribution in [2.45, 2.75) is 71.3 Å². The van der Waals surface area contributed by atoms with Crippen LogP contribution in [0.15, 0.2) is 18.2 Å². The molecule has 0 unspecified atom stereocenters. The number of ether oxygens (including phenoxy) is 2. The molecule has 0 radical (unpaired) electrons. The van der Waals surface area contributed by atoms with Crippen LogP contribution in [-0.2, 0) is 15.6 Å². The summed E-state index contributed by atoms with van der Waals surface area (Å²) in [6.07, 6.45) is 1.64. The molecule has 1 aliphatic rings. The molecule has 4 heteroatoms. The van der Waals surface area contributed by atoms with Crippen LogP contribution in [0.2, 0.25) is 0 Å². The van der Waals surface area contributed by atoms with Crippen molar-refractivity contribution in [3.05, 3.63) is 29.3 Å². The standard InChI is InChI=1S/C23H39NO3/c1-7-22(3,4)18-9-10-21(20(15-18)23(5,6)8-2)27-17-19(25)16-24-11-13-26-14-12-24/h9-10,15,19,25H,7-8,11-14,16-17H2,1-6H3/t19-/m1/s1. The maximum atomic E-state index is 10.4. The Bertz CT molecular complexity index is 591. The Kier molecular flexibility index (Phi) is 7.73. The minimum Gasteiger partial charge on any atom is -0.491 e. The summed E-state index contributed by atoms with van der Waals surface area (Å²) in [6.45, 7) is 17.8. The lowest BCUT2D eigenvalue weighted by Crippen LogP contribution is -2.42. The largest absolute Gasteiger partial charge is 0.491 e. The second-order valence-corrected chi connectivity index (χ2v) is 9.06. The summed E-state index contributed by atoms with van der Waals surface area (Å²) in [5, 5.41) is 10.4. The molecule has 0 aliphatic carbocycles. The van der Waals surface area contributed by atoms with Crippen molar-refractivity contribution in [3.8, 4) is 5.75 Å². The van der Waals surface area contributed by atoms with E-state index >= 15 is 0 Å². The van der Waals surface area contributed by atoms with Crippen LogP contribution < -0.4 is 4.74 Å². The molecule has 1 atom stereocenters. The number of morpholine rings is 1. The fraction of sp³-hybridized carbons (Fsp3) is 0.739. The van der Waals surface area contributed by atoms with Crippen molar-refractivity contribution < 1.29 is 14.6 Å². The van der Waals surface area contributed by atoms with Gasteiger partial charge in [0.2, 0.25) is 0 Å². The zero-order valence-corrected chi connectivity index (χ0v) is 18.2. The topological polar surface area (TPSA) is 41.9 Å². The molecule has 1 heterocycles. The molecule has 0 amide bonds. The van der Waals surface area contributed by atoms with Crippen molar-refractivity contribution in [3.63, 3.8) is 0 Å². The minimum atomic E-state index is -0.493. The van der Waals surface area contributed by atoms with E-state index in [1.54, 1.807) is 0 Å². The highest BCUT2D eigenvalue weighted by Gasteiger charge is 2.27. The fourth-order valence-corrected chi connectivity index (χ4v) is 3.32.